The minimum absolute atomic E-state index is 0.0000120. The van der Waals surface area contributed by atoms with Crippen LogP contribution in [0, 0.1) is 13.8 Å². The summed E-state index contributed by atoms with van der Waals surface area (Å²) in [5.41, 5.74) is 19.2. The number of phenolic OH excluding ortho intramolecular Hbond substituents is 1. The van der Waals surface area contributed by atoms with Crippen molar-refractivity contribution in [2.45, 2.75) is 174 Å². The number of nitrogens with two attached hydrogens (primary N) is 3. The molecule has 101 heavy (non-hydrogen) atoms. The number of H-pyrrole nitrogens is 3. The fourth-order valence-corrected chi connectivity index (χ4v) is 18.0. The van der Waals surface area contributed by atoms with Crippen molar-refractivity contribution in [2.24, 2.45) is 17.2 Å². The van der Waals surface area contributed by atoms with Crippen LogP contribution in [0.25, 0.3) is 0 Å². The zero-order valence-electron chi connectivity index (χ0n) is 54.9. The number of hydrogen-bond acceptors (Lipinski definition) is 13. The zero-order valence-corrected chi connectivity index (χ0v) is 59.6. The monoisotopic (exact) mass is 1610 g/mol. The normalized spacial score (nSPS) is 27.6. The number of aromatic hydroxyl groups is 1. The van der Waals surface area contributed by atoms with Gasteiger partial charge in [0.05, 0.1) is 29.9 Å². The van der Waals surface area contributed by atoms with Crippen molar-refractivity contribution < 1.29 is 74.3 Å². The highest BCUT2D eigenvalue weighted by molar-refractivity contribution is 9.69. The number of aromatic nitrogens is 3. The second-order valence-electron chi connectivity index (χ2n) is 28.2. The minimum Gasteiger partial charge on any atom is -0.508 e. The number of piperidine rings is 3. The predicted molar refractivity (Wildman–Crippen MR) is 368 cm³/mol. The average Bonchev–Trinajstić information content (AvgIpc) is 0.697. The maximum absolute atomic E-state index is 13.4. The molecule has 0 saturated carbocycles. The Balaban J connectivity index is 0.000000143. The molecule has 32 heteroatoms. The van der Waals surface area contributed by atoms with Crippen molar-refractivity contribution in [1.82, 2.24) is 30.1 Å². The SMILES string of the molecule is BrB(Br)Br.CCC(F)(F)F.Cc1ccc2c(c1)[C@]13CCN(CC(F)(F)F)[C@H](C2)[C@]1(O)Cc1cc(C(N)=O)c(=O)[nH]c1C3.Cc1ccc2c(c1)[C@]13CCN[C@H](C2)[C@]1(O)Cc1cc(C(N)=O)c(=O)[nH]c1C3.NC(=O)c1cc2c([nH]c1=O)C[C@]13CCN(CC(F)(F)F)[C@H](Cc4ccc(O)cc41)[C@]3(O)C2. The van der Waals surface area contributed by atoms with Crippen LogP contribution in [0.5, 0.6) is 5.75 Å². The van der Waals surface area contributed by atoms with Gasteiger partial charge in [0.15, 0.2) is 0 Å². The molecule has 6 heterocycles. The number of rotatable bonds is 5. The van der Waals surface area contributed by atoms with Gasteiger partial charge in [-0.05, 0) is 152 Å². The molecule has 3 fully saturated rings. The van der Waals surface area contributed by atoms with Gasteiger partial charge in [-0.25, -0.2) is 0 Å². The molecule has 3 saturated heterocycles. The lowest BCUT2D eigenvalue weighted by Crippen LogP contribution is -2.74. The summed E-state index contributed by atoms with van der Waals surface area (Å²) in [6, 6.07) is 19.8. The average molecular weight is 1610 g/mol. The molecule has 6 bridgehead atoms. The number of likely N-dealkylation sites (tertiary alicyclic amines) is 2. The number of carbonyl (C=O) groups excluding carboxylic acids is 3. The van der Waals surface area contributed by atoms with E-state index in [-0.39, 0.29) is 83.3 Å². The van der Waals surface area contributed by atoms with Crippen molar-refractivity contribution >= 4 is 68.2 Å². The summed E-state index contributed by atoms with van der Waals surface area (Å²) in [4.78, 5) is 83.0. The van der Waals surface area contributed by atoms with E-state index in [1.807, 2.05) is 25.1 Å². The van der Waals surface area contributed by atoms with Crippen molar-refractivity contribution in [1.29, 1.82) is 0 Å². The molecule has 0 unspecified atom stereocenters. The number of fused-ring (bicyclic) bond motifs is 6. The molecule has 3 aromatic heterocycles. The number of phenols is 1. The lowest BCUT2D eigenvalue weighted by molar-refractivity contribution is -0.197. The molecule has 0 spiro atoms. The maximum Gasteiger partial charge on any atom is 0.401 e. The molecular weight excluding hydrogens is 1540 g/mol. The van der Waals surface area contributed by atoms with Gasteiger partial charge in [-0.1, -0.05) is 60.5 Å². The molecule has 9 atom stereocenters. The predicted octanol–water partition coefficient (Wildman–Crippen LogP) is 7.47. The van der Waals surface area contributed by atoms with E-state index in [2.05, 4.69) is 92.7 Å². The molecule has 15 rings (SSSR count). The second-order valence-corrected chi connectivity index (χ2v) is 34.6. The summed E-state index contributed by atoms with van der Waals surface area (Å²) < 4.78 is 113. The number of aromatic amines is 3. The zero-order chi connectivity index (χ0) is 73.9. The molecule has 3 aromatic carbocycles. The Hall–Kier alpha value is -6.65. The van der Waals surface area contributed by atoms with Gasteiger partial charge in [-0.15, -0.1) is 47.3 Å². The number of primary amides is 3. The van der Waals surface area contributed by atoms with Gasteiger partial charge < -0.3 is 57.9 Å². The topological polar surface area (TPSA) is 327 Å². The molecule has 3 aliphatic heterocycles. The first-order chi connectivity index (χ1) is 47.0. The molecular formula is C69H74BBr3F9N9O10. The summed E-state index contributed by atoms with van der Waals surface area (Å²) in [7, 11) is 0. The number of halogens is 12. The Kier molecular flexibility index (Phi) is 20.3. The highest BCUT2D eigenvalue weighted by Gasteiger charge is 2.68. The molecule has 6 aliphatic carbocycles. The maximum atomic E-state index is 13.4. The molecule has 3 amide bonds. The fourth-order valence-electron chi connectivity index (χ4n) is 18.0. The van der Waals surface area contributed by atoms with E-state index in [1.165, 1.54) is 44.7 Å². The van der Waals surface area contributed by atoms with Gasteiger partial charge >= 0.3 is 21.7 Å². The first-order valence-corrected chi connectivity index (χ1v) is 35.4. The van der Waals surface area contributed by atoms with E-state index in [0.717, 1.165) is 59.8 Å². The van der Waals surface area contributed by atoms with Gasteiger partial charge in [0, 0.05) is 96.4 Å². The number of alkyl halides is 9. The van der Waals surface area contributed by atoms with Crippen LogP contribution in [0.4, 0.5) is 39.5 Å². The van der Waals surface area contributed by atoms with Crippen LogP contribution in [0.1, 0.15) is 142 Å². The number of amides is 3. The van der Waals surface area contributed by atoms with Gasteiger partial charge in [0.2, 0.25) is 0 Å². The first kappa shape index (κ1) is 75.5. The Labute approximate surface area is 597 Å². The Bertz CT molecular complexity index is 4310. The van der Waals surface area contributed by atoms with E-state index in [9.17, 15) is 88.7 Å². The number of nitrogens with one attached hydrogen (secondary N) is 4. The molecule has 19 nitrogen and oxygen atoms in total. The van der Waals surface area contributed by atoms with E-state index < -0.39 is 118 Å². The molecule has 14 N–H and O–H groups in total. The fraction of sp³-hybridized carbons (Fsp3) is 0.478. The lowest BCUT2D eigenvalue weighted by Gasteiger charge is -2.63. The molecule has 9 aliphatic rings. The second kappa shape index (κ2) is 27.1. The van der Waals surface area contributed by atoms with E-state index in [1.54, 1.807) is 18.2 Å². The first-order valence-electron chi connectivity index (χ1n) is 32.7. The van der Waals surface area contributed by atoms with Crippen molar-refractivity contribution in [3.63, 3.8) is 0 Å². The van der Waals surface area contributed by atoms with E-state index in [0.29, 0.717) is 53.8 Å². The van der Waals surface area contributed by atoms with Crippen molar-refractivity contribution in [3.8, 4) is 5.75 Å². The largest absolute Gasteiger partial charge is 0.508 e. The van der Waals surface area contributed by atoms with Crippen LogP contribution in [-0.2, 0) is 74.0 Å². The van der Waals surface area contributed by atoms with Gasteiger partial charge in [-0.3, -0.25) is 38.6 Å². The van der Waals surface area contributed by atoms with Crippen molar-refractivity contribution in [2.75, 3.05) is 32.7 Å². The third-order valence-corrected chi connectivity index (χ3v) is 22.5. The smallest absolute Gasteiger partial charge is 0.401 e. The third-order valence-electron chi connectivity index (χ3n) is 22.5. The molecule has 0 radical (unpaired) electrons. The highest BCUT2D eigenvalue weighted by atomic mass is 79.9. The third kappa shape index (κ3) is 13.8. The number of hydrogen-bond donors (Lipinski definition) is 11. The number of aliphatic hydroxyl groups is 3. The minimum atomic E-state index is -4.43. The van der Waals surface area contributed by atoms with Gasteiger partial charge in [0.25, 0.3) is 34.4 Å². The number of carbonyl (C=O) groups is 3. The van der Waals surface area contributed by atoms with Crippen LogP contribution in [0.3, 0.4) is 0 Å². The van der Waals surface area contributed by atoms with Crippen LogP contribution in [-0.4, -0.2) is 152 Å². The van der Waals surface area contributed by atoms with Crippen LogP contribution < -0.4 is 39.2 Å². The standard InChI is InChI=1S/C23H24F3N3O3.C22H22F3N3O4.C21H23N3O3.C3H5F3.BBr3/c1-12-2-3-13-8-18-22(32)9-14-7-15(19(27)30)20(31)28-17(14)10-21(22,16(13)6-12)4-5-29(18)11-23(24,25)26;23-22(24,25)10-28-4-3-20-9-16-12(5-14(18(26)30)19(31)27-16)8-21(20,32)17(28)6-11-1-2-13(29)7-15(11)20;1-11-2-3-12-8-17-21(27)9-13-7-14(18(22)25)19(26)24-16(13)10-20(21,4-5-23-17)15(12)6-11;1-2-3(4,5)6;2-1(3)4/h2-3,6-7,18,32H,4-5,8-11H2,1H3,(H2,27,30)(H,28,31);1-2,5,7,17,29,32H,3-4,6,8-10H2,(H2,26,30)(H,27,31);2-3,6-7,17,23,27H,4-5,8-10H2,1H3,(H2,22,25)(H,24,26);2H2,1H3;/t18-,21-,22-;2*17-,20-,21-;;/m111../s1. The van der Waals surface area contributed by atoms with E-state index >= 15 is 0 Å². The van der Waals surface area contributed by atoms with Crippen LogP contribution in [0.2, 0.25) is 0 Å². The quantitative estimate of drug-likeness (QED) is 0.0590. The number of pyridine rings is 3. The molecule has 542 valence electrons. The summed E-state index contributed by atoms with van der Waals surface area (Å²) in [5.74, 6) is -2.54. The summed E-state index contributed by atoms with van der Waals surface area (Å²) in [6.45, 7) is 3.99. The summed E-state index contributed by atoms with van der Waals surface area (Å²) in [6.07, 6.45) is -9.53. The highest BCUT2D eigenvalue weighted by Crippen LogP contribution is 2.60. The number of nitrogens with zero attached hydrogens (tertiary/aromatic N) is 2. The molecule has 6 aromatic rings. The Morgan fingerprint density at radius 1 is 0.515 bits per heavy atom. The Morgan fingerprint density at radius 3 is 1.21 bits per heavy atom. The van der Waals surface area contributed by atoms with Crippen LogP contribution in [0.15, 0.2) is 87.2 Å². The Morgan fingerprint density at radius 2 is 0.851 bits per heavy atom. The van der Waals surface area contributed by atoms with Gasteiger partial charge in [0.1, 0.15) is 22.4 Å². The lowest BCUT2D eigenvalue weighted by atomic mass is 9.49. The summed E-state index contributed by atoms with van der Waals surface area (Å²) in [5, 5.41) is 49.9. The number of aryl methyl sites for hydroxylation is 2. The van der Waals surface area contributed by atoms with Gasteiger partial charge in [-0.2, -0.15) is 39.5 Å². The van der Waals surface area contributed by atoms with Crippen molar-refractivity contribution in [3.05, 3.63) is 199 Å². The van der Waals surface area contributed by atoms with Crippen LogP contribution >= 0.6 is 47.3 Å². The number of benzene rings is 3. The summed E-state index contributed by atoms with van der Waals surface area (Å²) >= 11 is 9.31. The van der Waals surface area contributed by atoms with E-state index in [4.69, 9.17) is 17.2 Å².